The lowest BCUT2D eigenvalue weighted by Crippen LogP contribution is -2.12. The van der Waals surface area contributed by atoms with Crippen molar-refractivity contribution in [3.8, 4) is 0 Å². The number of hydrogen-bond acceptors (Lipinski definition) is 7. The minimum absolute atomic E-state index is 0.169. The molecular weight excluding hydrogens is 390 g/mol. The molecule has 0 aliphatic rings. The predicted molar refractivity (Wildman–Crippen MR) is 112 cm³/mol. The monoisotopic (exact) mass is 411 g/mol. The fourth-order valence-electron chi connectivity index (χ4n) is 2.54. The van der Waals surface area contributed by atoms with Gasteiger partial charge in [0.25, 0.3) is 5.91 Å². The number of benzene rings is 2. The number of nitrogens with zero attached hydrogens (tertiary/aromatic N) is 2. The molecule has 1 atom stereocenters. The first kappa shape index (κ1) is 20.4. The van der Waals surface area contributed by atoms with Gasteiger partial charge in [0.15, 0.2) is 10.0 Å². The van der Waals surface area contributed by atoms with Gasteiger partial charge in [-0.25, -0.2) is 19.0 Å². The average molecular weight is 411 g/mol. The first-order valence-corrected chi connectivity index (χ1v) is 10.4. The lowest BCUT2D eigenvalue weighted by atomic mass is 10.1. The number of amides is 1. The maximum absolute atomic E-state index is 12.5. The Morgan fingerprint density at radius 2 is 1.83 bits per heavy atom. The number of carbonyl (C=O) groups is 1. The number of anilines is 3. The first-order valence-electron chi connectivity index (χ1n) is 8.88. The summed E-state index contributed by atoms with van der Waals surface area (Å²) in [5.41, 5.74) is 2.72. The van der Waals surface area contributed by atoms with Gasteiger partial charge in [0.2, 0.25) is 5.95 Å². The Hall–Kier alpha value is -3.30. The minimum atomic E-state index is -3.30. The summed E-state index contributed by atoms with van der Waals surface area (Å²) in [7, 11) is -3.30. The first-order chi connectivity index (χ1) is 13.9. The van der Waals surface area contributed by atoms with Crippen molar-refractivity contribution in [3.63, 3.8) is 0 Å². The van der Waals surface area contributed by atoms with Gasteiger partial charge in [-0.05, 0) is 61.9 Å². The van der Waals surface area contributed by atoms with E-state index in [1.165, 1.54) is 24.3 Å². The average Bonchev–Trinajstić information content (AvgIpc) is 2.71. The highest BCUT2D eigenvalue weighted by Crippen LogP contribution is 2.23. The van der Waals surface area contributed by atoms with E-state index in [9.17, 15) is 9.00 Å². The van der Waals surface area contributed by atoms with Gasteiger partial charge in [-0.15, -0.1) is 0 Å². The van der Waals surface area contributed by atoms with Gasteiger partial charge in [0, 0.05) is 29.3 Å². The summed E-state index contributed by atoms with van der Waals surface area (Å²) in [4.78, 5) is 21.0. The molecule has 3 rings (SSSR count). The molecule has 9 heteroatoms. The van der Waals surface area contributed by atoms with E-state index in [1.54, 1.807) is 37.5 Å². The van der Waals surface area contributed by atoms with Crippen molar-refractivity contribution in [2.75, 3.05) is 17.2 Å². The molecule has 150 valence electrons. The Labute approximate surface area is 169 Å². The van der Waals surface area contributed by atoms with Gasteiger partial charge < -0.3 is 10.6 Å². The molecule has 8 nitrogen and oxygen atoms in total. The topological polar surface area (TPSA) is 117 Å². The molecule has 0 fully saturated rings. The van der Waals surface area contributed by atoms with Crippen LogP contribution >= 0.6 is 0 Å². The predicted octanol–water partition coefficient (Wildman–Crippen LogP) is 4.14. The lowest BCUT2D eigenvalue weighted by molar-refractivity contribution is 0.102. The van der Waals surface area contributed by atoms with Crippen LogP contribution in [0.15, 0.2) is 65.8 Å². The Balaban J connectivity index is 1.74. The van der Waals surface area contributed by atoms with E-state index in [-0.39, 0.29) is 17.4 Å². The third-order valence-corrected chi connectivity index (χ3v) is 5.48. The van der Waals surface area contributed by atoms with Crippen molar-refractivity contribution in [1.29, 1.82) is 4.78 Å². The number of rotatable bonds is 7. The van der Waals surface area contributed by atoms with E-state index in [2.05, 4.69) is 20.6 Å². The lowest BCUT2D eigenvalue weighted by Gasteiger charge is -2.12. The van der Waals surface area contributed by atoms with Crippen LogP contribution in [0, 0.1) is 11.7 Å². The second-order valence-electron chi connectivity index (χ2n) is 6.12. The van der Waals surface area contributed by atoms with Gasteiger partial charge in [-0.2, -0.15) is 0 Å². The summed E-state index contributed by atoms with van der Waals surface area (Å²) in [5, 5.41) is 5.95. The number of aryl methyl sites for hydroxylation is 1. The smallest absolute Gasteiger partial charge is 0.255 e. The second kappa shape index (κ2) is 8.80. The van der Waals surface area contributed by atoms with Crippen LogP contribution in [0.2, 0.25) is 0 Å². The molecule has 1 heterocycles. The Morgan fingerprint density at radius 3 is 2.48 bits per heavy atom. The molecule has 1 aromatic heterocycles. The summed E-state index contributed by atoms with van der Waals surface area (Å²) in [6.07, 6.45) is 3.28. The van der Waals surface area contributed by atoms with Crippen molar-refractivity contribution >= 4 is 33.2 Å². The Kier molecular flexibility index (Phi) is 6.20. The summed E-state index contributed by atoms with van der Waals surface area (Å²) < 4.78 is 24.8. The molecule has 0 aliphatic carbocycles. The molecule has 0 radical (unpaired) electrons. The van der Waals surface area contributed by atoms with Crippen LogP contribution in [-0.2, 0) is 14.2 Å². The molecule has 0 saturated carbocycles. The molecule has 0 bridgehead atoms. The molecule has 0 spiro atoms. The second-order valence-corrected chi connectivity index (χ2v) is 7.83. The zero-order valence-corrected chi connectivity index (χ0v) is 16.8. The largest absolute Gasteiger partial charge is 0.324 e. The van der Waals surface area contributed by atoms with Crippen molar-refractivity contribution in [3.05, 3.63) is 72.1 Å². The summed E-state index contributed by atoms with van der Waals surface area (Å²) in [6, 6.07) is 13.2. The molecule has 0 aliphatic heterocycles. The summed E-state index contributed by atoms with van der Waals surface area (Å²) >= 11 is 0. The van der Waals surface area contributed by atoms with Crippen LogP contribution in [0.5, 0.6) is 0 Å². The number of carbonyl (C=O) groups excluding carboxylic acids is 1. The van der Waals surface area contributed by atoms with Crippen LogP contribution < -0.4 is 10.6 Å². The van der Waals surface area contributed by atoms with E-state index < -0.39 is 10.0 Å². The van der Waals surface area contributed by atoms with Crippen LogP contribution in [0.25, 0.3) is 0 Å². The van der Waals surface area contributed by atoms with Gasteiger partial charge >= 0.3 is 0 Å². The standard InChI is InChI=1S/C20H21N5O3S/c1-3-28-29(21,27)17-9-6-15(7-10-17)19(26)24-16-8-5-14(2)18(13-16)25-20-22-11-4-12-23-20/h4-13,21H,3H2,1-2H3,(H,24,26)(H,22,23,25). The van der Waals surface area contributed by atoms with Crippen molar-refractivity contribution < 1.29 is 13.2 Å². The molecular formula is C20H21N5O3S. The van der Waals surface area contributed by atoms with Crippen LogP contribution in [0.3, 0.4) is 0 Å². The highest BCUT2D eigenvalue weighted by molar-refractivity contribution is 7.87. The zero-order valence-electron chi connectivity index (χ0n) is 16.0. The zero-order chi connectivity index (χ0) is 20.9. The van der Waals surface area contributed by atoms with E-state index in [0.717, 1.165) is 11.3 Å². The summed E-state index contributed by atoms with van der Waals surface area (Å²) in [6.45, 7) is 3.78. The minimum Gasteiger partial charge on any atom is -0.324 e. The van der Waals surface area contributed by atoms with Gasteiger partial charge in [0.05, 0.1) is 11.5 Å². The molecule has 3 aromatic rings. The van der Waals surface area contributed by atoms with Crippen molar-refractivity contribution in [2.24, 2.45) is 0 Å². The van der Waals surface area contributed by atoms with Crippen molar-refractivity contribution in [2.45, 2.75) is 18.7 Å². The fourth-order valence-corrected chi connectivity index (χ4v) is 3.50. The number of hydrogen-bond donors (Lipinski definition) is 3. The molecule has 1 amide bonds. The molecule has 0 saturated heterocycles. The van der Waals surface area contributed by atoms with Crippen LogP contribution in [0.1, 0.15) is 22.8 Å². The highest BCUT2D eigenvalue weighted by atomic mass is 32.2. The normalized spacial score (nSPS) is 12.8. The van der Waals surface area contributed by atoms with Gasteiger partial charge in [-0.1, -0.05) is 6.07 Å². The van der Waals surface area contributed by atoms with Crippen molar-refractivity contribution in [1.82, 2.24) is 9.97 Å². The maximum Gasteiger partial charge on any atom is 0.255 e. The highest BCUT2D eigenvalue weighted by Gasteiger charge is 2.12. The third kappa shape index (κ3) is 5.15. The van der Waals surface area contributed by atoms with Crippen LogP contribution in [-0.4, -0.2) is 26.7 Å². The molecule has 1 unspecified atom stereocenters. The molecule has 3 N–H and O–H groups in total. The molecule has 2 aromatic carbocycles. The maximum atomic E-state index is 12.5. The Morgan fingerprint density at radius 1 is 1.14 bits per heavy atom. The number of aromatic nitrogens is 2. The SMILES string of the molecule is CCOS(=N)(=O)c1ccc(C(=O)Nc2ccc(C)c(Nc3ncccn3)c2)cc1. The van der Waals surface area contributed by atoms with Gasteiger partial charge in [-0.3, -0.25) is 8.98 Å². The van der Waals surface area contributed by atoms with E-state index >= 15 is 0 Å². The van der Waals surface area contributed by atoms with E-state index in [1.807, 2.05) is 13.0 Å². The summed E-state index contributed by atoms with van der Waals surface area (Å²) in [5.74, 6) is 0.137. The molecule has 29 heavy (non-hydrogen) atoms. The van der Waals surface area contributed by atoms with E-state index in [0.29, 0.717) is 17.2 Å². The van der Waals surface area contributed by atoms with E-state index in [4.69, 9.17) is 8.96 Å². The fraction of sp³-hybridized carbons (Fsp3) is 0.150. The van der Waals surface area contributed by atoms with Gasteiger partial charge in [0.1, 0.15) is 0 Å². The quantitative estimate of drug-likeness (QED) is 0.538. The third-order valence-electron chi connectivity index (χ3n) is 4.02. The number of nitrogens with one attached hydrogen (secondary N) is 3. The Bertz CT molecular complexity index is 1100. The van der Waals surface area contributed by atoms with Crippen LogP contribution in [0.4, 0.5) is 17.3 Å².